The third kappa shape index (κ3) is 7.33. The van der Waals surface area contributed by atoms with Crippen LogP contribution in [0.3, 0.4) is 0 Å². The lowest BCUT2D eigenvalue weighted by molar-refractivity contribution is 0.536. The van der Waals surface area contributed by atoms with Crippen LogP contribution in [0.25, 0.3) is 0 Å². The van der Waals surface area contributed by atoms with E-state index in [2.05, 4.69) is 28.2 Å². The fraction of sp³-hybridized carbons (Fsp3) is 0.778. The van der Waals surface area contributed by atoms with Gasteiger partial charge in [-0.1, -0.05) is 6.92 Å². The summed E-state index contributed by atoms with van der Waals surface area (Å²) in [5, 5.41) is 13.5. The van der Waals surface area contributed by atoms with E-state index in [1.54, 1.807) is 7.05 Å². The van der Waals surface area contributed by atoms with Crippen molar-refractivity contribution < 1.29 is 0 Å². The lowest BCUT2D eigenvalue weighted by Crippen LogP contribution is -2.42. The normalized spacial score (nSPS) is 11.4. The van der Waals surface area contributed by atoms with Gasteiger partial charge in [0, 0.05) is 26.7 Å². The van der Waals surface area contributed by atoms with Gasteiger partial charge in [-0.2, -0.15) is 0 Å². The maximum Gasteiger partial charge on any atom is 0.166 e. The van der Waals surface area contributed by atoms with Crippen LogP contribution in [0.15, 0.2) is 0 Å². The van der Waals surface area contributed by atoms with Gasteiger partial charge in [-0.3, -0.25) is 0 Å². The van der Waals surface area contributed by atoms with E-state index in [1.165, 1.54) is 0 Å². The molecule has 0 rings (SSSR count). The summed E-state index contributed by atoms with van der Waals surface area (Å²) in [6.45, 7) is 2.98. The average molecular weight is 248 g/mol. The molecule has 0 unspecified atom stereocenters. The standard InChI is InChI=1S/C9H20N4S2/c1-4-7(13-9(15)11-3)5-6-12-8(14)10-2/h7H,4-6H2,1-3H3,(H2,10,12,14)(H2,11,13,15)/t7-/m0/s1. The summed E-state index contributed by atoms with van der Waals surface area (Å²) in [4.78, 5) is 0. The van der Waals surface area contributed by atoms with Crippen LogP contribution < -0.4 is 21.3 Å². The molecule has 0 aliphatic rings. The minimum atomic E-state index is 0.386. The van der Waals surface area contributed by atoms with Gasteiger partial charge in [0.2, 0.25) is 0 Å². The smallest absolute Gasteiger partial charge is 0.166 e. The zero-order chi connectivity index (χ0) is 11.7. The minimum absolute atomic E-state index is 0.386. The molecule has 0 radical (unpaired) electrons. The second-order valence-corrected chi connectivity index (χ2v) is 3.94. The molecule has 4 nitrogen and oxygen atoms in total. The number of hydrogen-bond acceptors (Lipinski definition) is 2. The van der Waals surface area contributed by atoms with E-state index in [-0.39, 0.29) is 0 Å². The summed E-state index contributed by atoms with van der Waals surface area (Å²) < 4.78 is 0. The molecule has 0 aliphatic heterocycles. The molecule has 0 saturated heterocycles. The quantitative estimate of drug-likeness (QED) is 0.527. The largest absolute Gasteiger partial charge is 0.366 e. The predicted octanol–water partition coefficient (Wildman–Crippen LogP) is 0.343. The molecular formula is C9H20N4S2. The molecule has 1 atom stereocenters. The topological polar surface area (TPSA) is 48.1 Å². The Kier molecular flexibility index (Phi) is 8.31. The Labute approximate surface area is 103 Å². The molecular weight excluding hydrogens is 228 g/mol. The van der Waals surface area contributed by atoms with Crippen molar-refractivity contribution in [2.24, 2.45) is 0 Å². The summed E-state index contributed by atoms with van der Waals surface area (Å²) in [6.07, 6.45) is 2.02. The highest BCUT2D eigenvalue weighted by Crippen LogP contribution is 1.96. The summed E-state index contributed by atoms with van der Waals surface area (Å²) in [5.74, 6) is 0. The van der Waals surface area contributed by atoms with Crippen LogP contribution in [-0.4, -0.2) is 36.9 Å². The lowest BCUT2D eigenvalue weighted by Gasteiger charge is -2.18. The van der Waals surface area contributed by atoms with Gasteiger partial charge in [0.1, 0.15) is 0 Å². The highest BCUT2D eigenvalue weighted by atomic mass is 32.1. The Morgan fingerprint density at radius 2 is 1.73 bits per heavy atom. The Morgan fingerprint density at radius 3 is 2.20 bits per heavy atom. The SMILES string of the molecule is CC[C@@H](CCNC(=S)NC)NC(=S)NC. The second kappa shape index (κ2) is 8.67. The van der Waals surface area contributed by atoms with Crippen molar-refractivity contribution in [2.75, 3.05) is 20.6 Å². The van der Waals surface area contributed by atoms with Crippen molar-refractivity contribution in [2.45, 2.75) is 25.8 Å². The van der Waals surface area contributed by atoms with Crippen LogP contribution in [0.2, 0.25) is 0 Å². The summed E-state index contributed by atoms with van der Waals surface area (Å²) in [7, 11) is 3.62. The molecule has 0 aromatic rings. The molecule has 0 bridgehead atoms. The predicted molar refractivity (Wildman–Crippen MR) is 73.1 cm³/mol. The Morgan fingerprint density at radius 1 is 1.13 bits per heavy atom. The molecule has 6 heteroatoms. The first-order valence-corrected chi connectivity index (χ1v) is 5.89. The van der Waals surface area contributed by atoms with E-state index in [4.69, 9.17) is 24.4 Å². The van der Waals surface area contributed by atoms with Crippen LogP contribution >= 0.6 is 24.4 Å². The average Bonchev–Trinajstić information content (AvgIpc) is 2.26. The Balaban J connectivity index is 3.70. The third-order valence-corrected chi connectivity index (χ3v) is 2.73. The van der Waals surface area contributed by atoms with Crippen LogP contribution in [-0.2, 0) is 0 Å². The molecule has 4 N–H and O–H groups in total. The highest BCUT2D eigenvalue weighted by molar-refractivity contribution is 7.80. The first kappa shape index (κ1) is 14.4. The van der Waals surface area contributed by atoms with Crippen LogP contribution in [0, 0.1) is 0 Å². The summed E-state index contributed by atoms with van der Waals surface area (Å²) >= 11 is 10.0. The van der Waals surface area contributed by atoms with E-state index in [1.807, 2.05) is 7.05 Å². The monoisotopic (exact) mass is 248 g/mol. The summed E-state index contributed by atoms with van der Waals surface area (Å²) in [5.41, 5.74) is 0. The molecule has 15 heavy (non-hydrogen) atoms. The van der Waals surface area contributed by atoms with Crippen molar-refractivity contribution in [3.8, 4) is 0 Å². The molecule has 0 amide bonds. The van der Waals surface area contributed by atoms with Gasteiger partial charge in [0.05, 0.1) is 0 Å². The second-order valence-electron chi connectivity index (χ2n) is 3.12. The third-order valence-electron chi connectivity index (χ3n) is 2.06. The minimum Gasteiger partial charge on any atom is -0.366 e. The first-order chi connectivity index (χ1) is 7.13. The maximum absolute atomic E-state index is 5.04. The zero-order valence-corrected chi connectivity index (χ0v) is 11.1. The van der Waals surface area contributed by atoms with E-state index in [0.29, 0.717) is 16.3 Å². The molecule has 0 aromatic carbocycles. The van der Waals surface area contributed by atoms with Gasteiger partial charge in [-0.05, 0) is 37.3 Å². The van der Waals surface area contributed by atoms with E-state index < -0.39 is 0 Å². The van der Waals surface area contributed by atoms with Crippen molar-refractivity contribution in [1.29, 1.82) is 0 Å². The van der Waals surface area contributed by atoms with E-state index in [0.717, 1.165) is 19.4 Å². The van der Waals surface area contributed by atoms with E-state index >= 15 is 0 Å². The van der Waals surface area contributed by atoms with Crippen LogP contribution in [0.4, 0.5) is 0 Å². The van der Waals surface area contributed by atoms with Gasteiger partial charge in [0.25, 0.3) is 0 Å². The number of thiocarbonyl (C=S) groups is 2. The molecule has 0 saturated carbocycles. The number of nitrogens with one attached hydrogen (secondary N) is 4. The molecule has 0 aromatic heterocycles. The van der Waals surface area contributed by atoms with Crippen molar-refractivity contribution in [3.05, 3.63) is 0 Å². The van der Waals surface area contributed by atoms with Gasteiger partial charge in [-0.25, -0.2) is 0 Å². The fourth-order valence-electron chi connectivity index (χ4n) is 1.08. The molecule has 0 aliphatic carbocycles. The molecule has 0 spiro atoms. The van der Waals surface area contributed by atoms with Crippen molar-refractivity contribution >= 4 is 34.7 Å². The zero-order valence-electron chi connectivity index (χ0n) is 9.52. The summed E-state index contributed by atoms with van der Waals surface area (Å²) in [6, 6.07) is 0.386. The van der Waals surface area contributed by atoms with Crippen LogP contribution in [0.5, 0.6) is 0 Å². The molecule has 88 valence electrons. The van der Waals surface area contributed by atoms with Gasteiger partial charge < -0.3 is 21.3 Å². The highest BCUT2D eigenvalue weighted by Gasteiger charge is 2.06. The maximum atomic E-state index is 5.04. The van der Waals surface area contributed by atoms with Gasteiger partial charge >= 0.3 is 0 Å². The van der Waals surface area contributed by atoms with Gasteiger partial charge in [-0.15, -0.1) is 0 Å². The van der Waals surface area contributed by atoms with Crippen molar-refractivity contribution in [3.63, 3.8) is 0 Å². The van der Waals surface area contributed by atoms with Gasteiger partial charge in [0.15, 0.2) is 10.2 Å². The fourth-order valence-corrected chi connectivity index (χ4v) is 1.35. The number of rotatable bonds is 5. The van der Waals surface area contributed by atoms with Crippen molar-refractivity contribution in [1.82, 2.24) is 21.3 Å². The molecule has 0 heterocycles. The first-order valence-electron chi connectivity index (χ1n) is 5.07. The molecule has 0 fully saturated rings. The Bertz CT molecular complexity index is 208. The van der Waals surface area contributed by atoms with E-state index in [9.17, 15) is 0 Å². The number of hydrogen-bond donors (Lipinski definition) is 4. The Hall–Kier alpha value is -0.620. The lowest BCUT2D eigenvalue weighted by atomic mass is 10.1. The van der Waals surface area contributed by atoms with Crippen LogP contribution in [0.1, 0.15) is 19.8 Å².